The fourth-order valence-corrected chi connectivity index (χ4v) is 3.85. The molecular formula is C27H24F3NO4. The third kappa shape index (κ3) is 6.27. The predicted octanol–water partition coefficient (Wildman–Crippen LogP) is 5.08. The van der Waals surface area contributed by atoms with E-state index in [1.165, 1.54) is 18.2 Å². The van der Waals surface area contributed by atoms with Crippen LogP contribution >= 0.6 is 0 Å². The van der Waals surface area contributed by atoms with Crippen LogP contribution in [0.25, 0.3) is 0 Å². The van der Waals surface area contributed by atoms with Gasteiger partial charge in [-0.15, -0.1) is 0 Å². The van der Waals surface area contributed by atoms with Crippen LogP contribution in [0.4, 0.5) is 13.2 Å². The summed E-state index contributed by atoms with van der Waals surface area (Å²) in [6.45, 7) is -0.234. The Morgan fingerprint density at radius 2 is 1.14 bits per heavy atom. The first-order valence-corrected chi connectivity index (χ1v) is 11.1. The highest BCUT2D eigenvalue weighted by atomic mass is 19.1. The van der Waals surface area contributed by atoms with Crippen molar-refractivity contribution in [3.63, 3.8) is 0 Å². The van der Waals surface area contributed by atoms with Gasteiger partial charge in [-0.3, -0.25) is 0 Å². The van der Waals surface area contributed by atoms with Gasteiger partial charge in [0.05, 0.1) is 32.5 Å². The van der Waals surface area contributed by atoms with Crippen LogP contribution in [0.2, 0.25) is 0 Å². The lowest BCUT2D eigenvalue weighted by atomic mass is 10.1. The maximum atomic E-state index is 14.1. The van der Waals surface area contributed by atoms with Gasteiger partial charge in [0.15, 0.2) is 6.10 Å². The van der Waals surface area contributed by atoms with Gasteiger partial charge in [0, 0.05) is 16.7 Å². The summed E-state index contributed by atoms with van der Waals surface area (Å²) in [5.74, 6) is -1.26. The van der Waals surface area contributed by atoms with Gasteiger partial charge in [-0.1, -0.05) is 54.6 Å². The summed E-state index contributed by atoms with van der Waals surface area (Å²) in [6.07, 6.45) is -3.46. The topological polar surface area (TPSA) is 60.7 Å². The molecule has 0 saturated carbocycles. The van der Waals surface area contributed by atoms with Crippen molar-refractivity contribution >= 4 is 0 Å². The van der Waals surface area contributed by atoms with Crippen molar-refractivity contribution < 1.29 is 32.1 Å². The van der Waals surface area contributed by atoms with Crippen molar-refractivity contribution in [3.05, 3.63) is 107 Å². The van der Waals surface area contributed by atoms with Gasteiger partial charge < -0.3 is 18.9 Å². The molecule has 1 saturated heterocycles. The van der Waals surface area contributed by atoms with Gasteiger partial charge in [0.2, 0.25) is 0 Å². The fraction of sp³-hybridized carbons (Fsp3) is 0.296. The second-order valence-electron chi connectivity index (χ2n) is 8.06. The molecule has 0 bridgehead atoms. The fourth-order valence-electron chi connectivity index (χ4n) is 3.85. The van der Waals surface area contributed by atoms with Crippen LogP contribution in [0.3, 0.4) is 0 Å². The Hall–Kier alpha value is -3.22. The summed E-state index contributed by atoms with van der Waals surface area (Å²) in [6, 6.07) is 20.6. The number of hydrogen-bond donors (Lipinski definition) is 0. The Kier molecular flexibility index (Phi) is 8.50. The van der Waals surface area contributed by atoms with Gasteiger partial charge in [-0.2, -0.15) is 5.26 Å². The maximum absolute atomic E-state index is 14.1. The summed E-state index contributed by atoms with van der Waals surface area (Å²) in [7, 11) is 0. The average molecular weight is 483 g/mol. The van der Waals surface area contributed by atoms with Crippen LogP contribution in [0.5, 0.6) is 0 Å². The molecule has 0 unspecified atom stereocenters. The molecule has 1 aliphatic heterocycles. The Bertz CT molecular complexity index is 1170. The lowest BCUT2D eigenvalue weighted by Crippen LogP contribution is -2.39. The Labute approximate surface area is 201 Å². The second kappa shape index (κ2) is 12.0. The summed E-state index contributed by atoms with van der Waals surface area (Å²) in [4.78, 5) is 0. The standard InChI is InChI=1S/C27H24F3NO4/c28-21-10-4-1-7-18(21)14-32-17-25-27(34-16-20-9-3-6-12-23(20)30)26(24(13-31)35-25)33-15-19-8-2-5-11-22(19)29/h1-12,24-27H,14-17H2/t24-,25-,26+,27-/m1/s1. The molecule has 3 aromatic rings. The van der Waals surface area contributed by atoms with Gasteiger partial charge >= 0.3 is 0 Å². The molecule has 4 rings (SSSR count). The maximum Gasteiger partial charge on any atom is 0.173 e. The second-order valence-corrected chi connectivity index (χ2v) is 8.06. The third-order valence-corrected chi connectivity index (χ3v) is 5.71. The first kappa shape index (κ1) is 24.9. The largest absolute Gasteiger partial charge is 0.374 e. The molecular weight excluding hydrogens is 459 g/mol. The molecule has 0 aliphatic carbocycles. The summed E-state index contributed by atoms with van der Waals surface area (Å²) >= 11 is 0. The molecule has 4 atom stereocenters. The zero-order valence-corrected chi connectivity index (χ0v) is 18.8. The molecule has 5 nitrogen and oxygen atoms in total. The van der Waals surface area contributed by atoms with Crippen molar-refractivity contribution in [2.75, 3.05) is 6.61 Å². The number of ether oxygens (including phenoxy) is 4. The van der Waals surface area contributed by atoms with Gasteiger partial charge in [-0.05, 0) is 18.2 Å². The van der Waals surface area contributed by atoms with E-state index < -0.39 is 41.9 Å². The van der Waals surface area contributed by atoms with E-state index >= 15 is 0 Å². The van der Waals surface area contributed by atoms with E-state index in [0.717, 1.165) is 0 Å². The summed E-state index contributed by atoms with van der Waals surface area (Å²) in [5.41, 5.74) is 1.02. The molecule has 0 radical (unpaired) electrons. The zero-order valence-electron chi connectivity index (χ0n) is 18.8. The predicted molar refractivity (Wildman–Crippen MR) is 120 cm³/mol. The molecule has 1 aliphatic rings. The highest BCUT2D eigenvalue weighted by Crippen LogP contribution is 2.29. The minimum Gasteiger partial charge on any atom is -0.374 e. The number of rotatable bonds is 10. The Balaban J connectivity index is 1.48. The van der Waals surface area contributed by atoms with E-state index in [1.807, 2.05) is 6.07 Å². The highest BCUT2D eigenvalue weighted by Gasteiger charge is 2.47. The summed E-state index contributed by atoms with van der Waals surface area (Å²) in [5, 5.41) is 9.66. The van der Waals surface area contributed by atoms with E-state index in [4.69, 9.17) is 18.9 Å². The van der Waals surface area contributed by atoms with E-state index in [2.05, 4.69) is 0 Å². The Morgan fingerprint density at radius 3 is 1.63 bits per heavy atom. The molecule has 0 N–H and O–H groups in total. The van der Waals surface area contributed by atoms with Gasteiger partial charge in [0.1, 0.15) is 35.8 Å². The van der Waals surface area contributed by atoms with Crippen LogP contribution in [0, 0.1) is 28.8 Å². The molecule has 1 heterocycles. The number of nitrogens with zero attached hydrogens (tertiary/aromatic N) is 1. The smallest absolute Gasteiger partial charge is 0.173 e. The molecule has 3 aromatic carbocycles. The first-order valence-electron chi connectivity index (χ1n) is 11.1. The monoisotopic (exact) mass is 483 g/mol. The number of nitriles is 1. The molecule has 35 heavy (non-hydrogen) atoms. The van der Waals surface area contributed by atoms with Crippen molar-refractivity contribution in [2.24, 2.45) is 0 Å². The third-order valence-electron chi connectivity index (χ3n) is 5.71. The van der Waals surface area contributed by atoms with Crippen molar-refractivity contribution in [3.8, 4) is 6.07 Å². The number of hydrogen-bond acceptors (Lipinski definition) is 5. The molecule has 182 valence electrons. The minimum absolute atomic E-state index is 0.00939. The summed E-state index contributed by atoms with van der Waals surface area (Å²) < 4.78 is 65.5. The van der Waals surface area contributed by atoms with Crippen LogP contribution in [0.15, 0.2) is 72.8 Å². The molecule has 0 spiro atoms. The highest BCUT2D eigenvalue weighted by molar-refractivity contribution is 5.18. The normalized spacial score (nSPS) is 21.7. The minimum atomic E-state index is -1.02. The molecule has 8 heteroatoms. The van der Waals surface area contributed by atoms with Crippen LogP contribution < -0.4 is 0 Å². The van der Waals surface area contributed by atoms with E-state index in [0.29, 0.717) is 16.7 Å². The van der Waals surface area contributed by atoms with E-state index in [-0.39, 0.29) is 26.4 Å². The Morgan fingerprint density at radius 1 is 0.686 bits per heavy atom. The lowest BCUT2D eigenvalue weighted by Gasteiger charge is -2.24. The van der Waals surface area contributed by atoms with Crippen molar-refractivity contribution in [1.29, 1.82) is 5.26 Å². The van der Waals surface area contributed by atoms with Crippen molar-refractivity contribution in [2.45, 2.75) is 44.2 Å². The zero-order chi connectivity index (χ0) is 24.6. The van der Waals surface area contributed by atoms with Gasteiger partial charge in [-0.25, -0.2) is 13.2 Å². The van der Waals surface area contributed by atoms with Crippen LogP contribution in [-0.2, 0) is 38.8 Å². The molecule has 1 fully saturated rings. The number of benzene rings is 3. The van der Waals surface area contributed by atoms with Gasteiger partial charge in [0.25, 0.3) is 0 Å². The SMILES string of the molecule is N#C[C@H]1O[C@H](COCc2ccccc2F)[C@@H](OCc2ccccc2F)[C@H]1OCc1ccccc1F. The quantitative estimate of drug-likeness (QED) is 0.403. The molecule has 0 aromatic heterocycles. The number of halogens is 3. The van der Waals surface area contributed by atoms with E-state index in [9.17, 15) is 18.4 Å². The van der Waals surface area contributed by atoms with Crippen LogP contribution in [0.1, 0.15) is 16.7 Å². The lowest BCUT2D eigenvalue weighted by molar-refractivity contribution is -0.0904. The first-order chi connectivity index (χ1) is 17.1. The van der Waals surface area contributed by atoms with Crippen molar-refractivity contribution in [1.82, 2.24) is 0 Å². The van der Waals surface area contributed by atoms with Crippen LogP contribution in [-0.4, -0.2) is 31.0 Å². The average Bonchev–Trinajstić information content (AvgIpc) is 3.20. The van der Waals surface area contributed by atoms with E-state index in [1.54, 1.807) is 54.6 Å². The molecule has 0 amide bonds.